The first-order chi connectivity index (χ1) is 9.92. The quantitative estimate of drug-likeness (QED) is 0.796. The molecule has 1 fully saturated rings. The number of aliphatic hydroxyl groups is 1. The number of ether oxygens (including phenoxy) is 1. The van der Waals surface area contributed by atoms with Gasteiger partial charge < -0.3 is 25.4 Å². The van der Waals surface area contributed by atoms with Crippen LogP contribution in [0.15, 0.2) is 18.2 Å². The second kappa shape index (κ2) is 6.32. The largest absolute Gasteiger partial charge is 0.397 e. The topological polar surface area (TPSA) is 79.0 Å². The van der Waals surface area contributed by atoms with Crippen LogP contribution in [0.1, 0.15) is 17.3 Å². The average molecular weight is 293 g/mol. The van der Waals surface area contributed by atoms with Gasteiger partial charge in [-0.25, -0.2) is 0 Å². The summed E-state index contributed by atoms with van der Waals surface area (Å²) < 4.78 is 5.63. The molecule has 1 saturated heterocycles. The molecular weight excluding hydrogens is 270 g/mol. The summed E-state index contributed by atoms with van der Waals surface area (Å²) in [4.78, 5) is 15.6. The van der Waals surface area contributed by atoms with E-state index >= 15 is 0 Å². The van der Waals surface area contributed by atoms with Crippen LogP contribution in [0.3, 0.4) is 0 Å². The number of benzene rings is 1. The molecule has 1 amide bonds. The molecule has 1 aromatic carbocycles. The average Bonchev–Trinajstić information content (AvgIpc) is 2.45. The van der Waals surface area contributed by atoms with Gasteiger partial charge in [-0.3, -0.25) is 4.79 Å². The van der Waals surface area contributed by atoms with Crippen molar-refractivity contribution in [1.82, 2.24) is 4.90 Å². The fraction of sp³-hybridized carbons (Fsp3) is 0.533. The zero-order valence-corrected chi connectivity index (χ0v) is 12.7. The Labute approximate surface area is 125 Å². The minimum atomic E-state index is -0.212. The van der Waals surface area contributed by atoms with Gasteiger partial charge in [-0.1, -0.05) is 0 Å². The van der Waals surface area contributed by atoms with E-state index in [2.05, 4.69) is 4.90 Å². The molecule has 2 rings (SSSR count). The molecule has 2 unspecified atom stereocenters. The van der Waals surface area contributed by atoms with Gasteiger partial charge >= 0.3 is 0 Å². The molecule has 0 aromatic heterocycles. The molecule has 1 aliphatic heterocycles. The van der Waals surface area contributed by atoms with Crippen molar-refractivity contribution in [3.63, 3.8) is 0 Å². The maximum Gasteiger partial charge on any atom is 0.253 e. The summed E-state index contributed by atoms with van der Waals surface area (Å²) in [5.41, 5.74) is 8.11. The zero-order chi connectivity index (χ0) is 15.6. The number of rotatable bonds is 3. The Bertz CT molecular complexity index is 519. The molecule has 0 spiro atoms. The molecule has 3 N–H and O–H groups in total. The number of hydrogen-bond donors (Lipinski definition) is 2. The highest BCUT2D eigenvalue weighted by Gasteiger charge is 2.26. The summed E-state index contributed by atoms with van der Waals surface area (Å²) >= 11 is 0. The third-order valence-corrected chi connectivity index (χ3v) is 3.55. The smallest absolute Gasteiger partial charge is 0.253 e. The van der Waals surface area contributed by atoms with Gasteiger partial charge in [-0.05, 0) is 25.1 Å². The number of amides is 1. The fourth-order valence-electron chi connectivity index (χ4n) is 2.58. The molecule has 1 heterocycles. The molecule has 21 heavy (non-hydrogen) atoms. The van der Waals surface area contributed by atoms with Gasteiger partial charge in [0.15, 0.2) is 0 Å². The lowest BCUT2D eigenvalue weighted by Gasteiger charge is -2.38. The van der Waals surface area contributed by atoms with E-state index in [1.54, 1.807) is 26.2 Å². The summed E-state index contributed by atoms with van der Waals surface area (Å²) in [6.07, 6.45) is -0.186. The summed E-state index contributed by atoms with van der Waals surface area (Å²) in [5, 5.41) is 9.29. The lowest BCUT2D eigenvalue weighted by molar-refractivity contribution is -0.0420. The molecule has 0 bridgehead atoms. The Morgan fingerprint density at radius 1 is 1.48 bits per heavy atom. The van der Waals surface area contributed by atoms with Crippen LogP contribution >= 0.6 is 0 Å². The van der Waals surface area contributed by atoms with Crippen molar-refractivity contribution in [3.8, 4) is 0 Å². The summed E-state index contributed by atoms with van der Waals surface area (Å²) in [6.45, 7) is 3.25. The summed E-state index contributed by atoms with van der Waals surface area (Å²) in [6, 6.07) is 5.34. The van der Waals surface area contributed by atoms with Crippen LogP contribution in [-0.2, 0) is 4.74 Å². The maximum atomic E-state index is 11.9. The van der Waals surface area contributed by atoms with E-state index in [0.29, 0.717) is 24.3 Å². The third kappa shape index (κ3) is 3.46. The molecule has 116 valence electrons. The highest BCUT2D eigenvalue weighted by molar-refractivity contribution is 5.95. The first-order valence-corrected chi connectivity index (χ1v) is 7.04. The number of carbonyl (C=O) groups excluding carboxylic acids is 1. The Morgan fingerprint density at radius 3 is 2.76 bits per heavy atom. The van der Waals surface area contributed by atoms with Gasteiger partial charge in [0.1, 0.15) is 0 Å². The van der Waals surface area contributed by atoms with Gasteiger partial charge in [-0.2, -0.15) is 0 Å². The van der Waals surface area contributed by atoms with Crippen LogP contribution in [0.5, 0.6) is 0 Å². The fourth-order valence-corrected chi connectivity index (χ4v) is 2.58. The van der Waals surface area contributed by atoms with Crippen molar-refractivity contribution in [2.24, 2.45) is 0 Å². The highest BCUT2D eigenvalue weighted by Crippen LogP contribution is 2.27. The lowest BCUT2D eigenvalue weighted by Crippen LogP contribution is -2.48. The van der Waals surface area contributed by atoms with Crippen LogP contribution in [0.2, 0.25) is 0 Å². The van der Waals surface area contributed by atoms with E-state index < -0.39 is 0 Å². The highest BCUT2D eigenvalue weighted by atomic mass is 16.5. The SMILES string of the molecule is CC1CN(c2ccc(C(=O)N(C)C)cc2N)CC(CO)O1. The van der Waals surface area contributed by atoms with Crippen LogP contribution in [-0.4, -0.2) is 61.9 Å². The van der Waals surface area contributed by atoms with Crippen molar-refractivity contribution < 1.29 is 14.6 Å². The van der Waals surface area contributed by atoms with Crippen molar-refractivity contribution in [3.05, 3.63) is 23.8 Å². The van der Waals surface area contributed by atoms with Crippen molar-refractivity contribution in [1.29, 1.82) is 0 Å². The molecule has 2 atom stereocenters. The van der Waals surface area contributed by atoms with Gasteiger partial charge in [-0.15, -0.1) is 0 Å². The monoisotopic (exact) mass is 293 g/mol. The summed E-state index contributed by atoms with van der Waals surface area (Å²) in [7, 11) is 3.42. The van der Waals surface area contributed by atoms with Crippen molar-refractivity contribution >= 4 is 17.3 Å². The number of aliphatic hydroxyl groups excluding tert-OH is 1. The Morgan fingerprint density at radius 2 is 2.19 bits per heavy atom. The first kappa shape index (κ1) is 15.6. The van der Waals surface area contributed by atoms with Crippen LogP contribution in [0, 0.1) is 0 Å². The molecule has 1 aliphatic rings. The van der Waals surface area contributed by atoms with Crippen molar-refractivity contribution in [2.75, 3.05) is 44.4 Å². The number of carbonyl (C=O) groups is 1. The molecule has 0 saturated carbocycles. The van der Waals surface area contributed by atoms with E-state index in [9.17, 15) is 9.90 Å². The van der Waals surface area contributed by atoms with E-state index in [0.717, 1.165) is 5.69 Å². The van der Waals surface area contributed by atoms with Crippen LogP contribution in [0.25, 0.3) is 0 Å². The predicted octanol–water partition coefficient (Wildman–Crippen LogP) is 0.557. The third-order valence-electron chi connectivity index (χ3n) is 3.55. The second-order valence-electron chi connectivity index (χ2n) is 5.63. The molecule has 1 aromatic rings. The van der Waals surface area contributed by atoms with E-state index in [4.69, 9.17) is 10.5 Å². The number of nitrogens with two attached hydrogens (primary N) is 1. The minimum absolute atomic E-state index is 0.0159. The van der Waals surface area contributed by atoms with Crippen molar-refractivity contribution in [2.45, 2.75) is 19.1 Å². The Hall–Kier alpha value is -1.79. The zero-order valence-electron chi connectivity index (χ0n) is 12.7. The minimum Gasteiger partial charge on any atom is -0.397 e. The van der Waals surface area contributed by atoms with E-state index in [-0.39, 0.29) is 24.7 Å². The van der Waals surface area contributed by atoms with E-state index in [1.165, 1.54) is 4.90 Å². The Kier molecular flexibility index (Phi) is 4.69. The molecule has 6 nitrogen and oxygen atoms in total. The van der Waals surface area contributed by atoms with Gasteiger partial charge in [0.2, 0.25) is 0 Å². The summed E-state index contributed by atoms with van der Waals surface area (Å²) in [5.74, 6) is -0.0724. The number of morpholine rings is 1. The van der Waals surface area contributed by atoms with E-state index in [1.807, 2.05) is 13.0 Å². The second-order valence-corrected chi connectivity index (χ2v) is 5.63. The normalized spacial score (nSPS) is 22.2. The molecule has 0 radical (unpaired) electrons. The Balaban J connectivity index is 2.22. The number of anilines is 2. The standard InChI is InChI=1S/C15H23N3O3/c1-10-7-18(8-12(9-19)21-10)14-5-4-11(6-13(14)16)15(20)17(2)3/h4-6,10,12,19H,7-9,16H2,1-3H3. The molecular formula is C15H23N3O3. The maximum absolute atomic E-state index is 11.9. The number of nitrogens with zero attached hydrogens (tertiary/aromatic N) is 2. The lowest BCUT2D eigenvalue weighted by atomic mass is 10.1. The van der Waals surface area contributed by atoms with Gasteiger partial charge in [0.25, 0.3) is 5.91 Å². The molecule has 0 aliphatic carbocycles. The van der Waals surface area contributed by atoms with Gasteiger partial charge in [0, 0.05) is 32.7 Å². The number of hydrogen-bond acceptors (Lipinski definition) is 5. The van der Waals surface area contributed by atoms with Crippen LogP contribution in [0.4, 0.5) is 11.4 Å². The number of nitrogen functional groups attached to an aromatic ring is 1. The van der Waals surface area contributed by atoms with Crippen LogP contribution < -0.4 is 10.6 Å². The molecule has 6 heteroatoms. The predicted molar refractivity (Wildman–Crippen MR) is 82.5 cm³/mol. The van der Waals surface area contributed by atoms with Gasteiger partial charge in [0.05, 0.1) is 30.2 Å². The first-order valence-electron chi connectivity index (χ1n) is 7.04.